The first-order valence-electron chi connectivity index (χ1n) is 13.6. The molecule has 0 spiro atoms. The topological polar surface area (TPSA) is 201 Å². The molecule has 0 saturated heterocycles. The highest BCUT2D eigenvalue weighted by atomic mass is 16.5. The molecule has 46 heavy (non-hydrogen) atoms. The van der Waals surface area contributed by atoms with Crippen molar-refractivity contribution in [1.29, 1.82) is 5.41 Å². The Bertz CT molecular complexity index is 2000. The first-order valence-corrected chi connectivity index (χ1v) is 13.6. The number of benzene rings is 4. The first-order chi connectivity index (χ1) is 21.9. The number of rotatable bonds is 8. The van der Waals surface area contributed by atoms with Crippen molar-refractivity contribution in [1.82, 2.24) is 5.32 Å². The normalized spacial score (nSPS) is 11.6. The molecule has 0 bridgehead atoms. The fraction of sp³-hybridized carbons (Fsp3) is 0.0606. The third-order valence-corrected chi connectivity index (χ3v) is 6.68. The molecule has 1 aliphatic rings. The number of ether oxygens (including phenoxy) is 2. The molecule has 1 heterocycles. The van der Waals surface area contributed by atoms with Crippen LogP contribution in [0.4, 0.5) is 11.4 Å². The monoisotopic (exact) mass is 620 g/mol. The second-order valence-electron chi connectivity index (χ2n) is 9.96. The van der Waals surface area contributed by atoms with Crippen LogP contribution in [-0.2, 0) is 9.59 Å². The predicted octanol–water partition coefficient (Wildman–Crippen LogP) is 4.48. The minimum absolute atomic E-state index is 0.0466. The summed E-state index contributed by atoms with van der Waals surface area (Å²) in [6, 6.07) is 18.9. The number of aromatic carboxylic acids is 1. The van der Waals surface area contributed by atoms with Crippen LogP contribution in [0.3, 0.4) is 0 Å². The summed E-state index contributed by atoms with van der Waals surface area (Å²) in [6.45, 7) is 2.44. The molecule has 13 heteroatoms. The number of carbonyl (C=O) groups is 6. The van der Waals surface area contributed by atoms with Gasteiger partial charge < -0.3 is 25.2 Å². The van der Waals surface area contributed by atoms with Gasteiger partial charge in [0.15, 0.2) is 0 Å². The third-order valence-electron chi connectivity index (χ3n) is 6.68. The molecule has 0 radical (unpaired) electrons. The summed E-state index contributed by atoms with van der Waals surface area (Å²) < 4.78 is 10.2. The minimum atomic E-state index is -1.49. The van der Waals surface area contributed by atoms with Gasteiger partial charge in [0.2, 0.25) is 0 Å². The fourth-order valence-corrected chi connectivity index (χ4v) is 4.86. The Morgan fingerprint density at radius 1 is 0.696 bits per heavy atom. The maximum atomic E-state index is 13.7. The maximum Gasteiger partial charge on any atom is 0.337 e. The van der Waals surface area contributed by atoms with Crippen LogP contribution in [0.1, 0.15) is 60.8 Å². The fourth-order valence-electron chi connectivity index (χ4n) is 4.86. The lowest BCUT2D eigenvalue weighted by Gasteiger charge is -2.19. The van der Waals surface area contributed by atoms with Crippen molar-refractivity contribution in [3.63, 3.8) is 0 Å². The van der Waals surface area contributed by atoms with Crippen LogP contribution in [0.25, 0.3) is 11.1 Å². The lowest BCUT2D eigenvalue weighted by Crippen LogP contribution is -2.24. The average molecular weight is 621 g/mol. The largest absolute Gasteiger partial charge is 0.478 e. The number of anilines is 2. The van der Waals surface area contributed by atoms with E-state index in [-0.39, 0.29) is 56.3 Å². The van der Waals surface area contributed by atoms with Gasteiger partial charge in [0.1, 0.15) is 17.3 Å². The van der Waals surface area contributed by atoms with Gasteiger partial charge in [0.05, 0.1) is 22.3 Å². The second kappa shape index (κ2) is 12.5. The summed E-state index contributed by atoms with van der Waals surface area (Å²) in [5.74, 6) is -4.83. The molecule has 5 rings (SSSR count). The number of fused-ring (bicyclic) bond motifs is 1. The van der Waals surface area contributed by atoms with Crippen LogP contribution in [0.2, 0.25) is 0 Å². The number of nitrogens with one attached hydrogen (secondary N) is 4. The molecule has 4 aromatic carbocycles. The highest BCUT2D eigenvalue weighted by molar-refractivity contribution is 6.23. The molecule has 0 unspecified atom stereocenters. The highest BCUT2D eigenvalue weighted by Gasteiger charge is 2.30. The van der Waals surface area contributed by atoms with Gasteiger partial charge in [0, 0.05) is 42.9 Å². The van der Waals surface area contributed by atoms with Crippen molar-refractivity contribution >= 4 is 52.8 Å². The summed E-state index contributed by atoms with van der Waals surface area (Å²) in [7, 11) is 0. The molecule has 0 aromatic heterocycles. The number of carbonyl (C=O) groups excluding carboxylic acids is 5. The van der Waals surface area contributed by atoms with Crippen LogP contribution in [0.5, 0.6) is 11.5 Å². The summed E-state index contributed by atoms with van der Waals surface area (Å²) in [4.78, 5) is 73.8. The predicted molar refractivity (Wildman–Crippen MR) is 165 cm³/mol. The van der Waals surface area contributed by atoms with Crippen LogP contribution in [0, 0.1) is 5.41 Å². The van der Waals surface area contributed by atoms with Crippen molar-refractivity contribution in [2.75, 3.05) is 10.6 Å². The number of amidine groups is 1. The lowest BCUT2D eigenvalue weighted by molar-refractivity contribution is -0.132. The van der Waals surface area contributed by atoms with Crippen LogP contribution in [0.15, 0.2) is 78.9 Å². The van der Waals surface area contributed by atoms with E-state index < -0.39 is 47.0 Å². The molecule has 3 amide bonds. The first kappa shape index (κ1) is 30.8. The molecule has 0 saturated carbocycles. The van der Waals surface area contributed by atoms with Gasteiger partial charge in [-0.1, -0.05) is 24.3 Å². The molecule has 0 atom stereocenters. The Labute approximate surface area is 260 Å². The van der Waals surface area contributed by atoms with Gasteiger partial charge in [-0.2, -0.15) is 0 Å². The highest BCUT2D eigenvalue weighted by Crippen LogP contribution is 2.33. The van der Waals surface area contributed by atoms with E-state index in [1.54, 1.807) is 12.1 Å². The zero-order valence-corrected chi connectivity index (χ0v) is 24.2. The molecule has 230 valence electrons. The molecule has 0 fully saturated rings. The Hall–Kier alpha value is -6.63. The van der Waals surface area contributed by atoms with E-state index in [1.807, 2.05) is 0 Å². The van der Waals surface area contributed by atoms with Crippen LogP contribution < -0.4 is 25.4 Å². The van der Waals surface area contributed by atoms with E-state index in [1.165, 1.54) is 80.6 Å². The van der Waals surface area contributed by atoms with E-state index in [0.717, 1.165) is 0 Å². The zero-order chi connectivity index (χ0) is 33.1. The molecule has 4 aromatic rings. The number of imide groups is 1. The lowest BCUT2D eigenvalue weighted by atomic mass is 9.89. The van der Waals surface area contributed by atoms with Gasteiger partial charge in [-0.15, -0.1) is 0 Å². The van der Waals surface area contributed by atoms with Crippen molar-refractivity contribution in [2.24, 2.45) is 0 Å². The number of carboxylic acids is 1. The Kier molecular flexibility index (Phi) is 8.40. The quantitative estimate of drug-likeness (QED) is 0.0615. The van der Waals surface area contributed by atoms with Crippen molar-refractivity contribution in [2.45, 2.75) is 13.8 Å². The van der Waals surface area contributed by atoms with Crippen molar-refractivity contribution < 1.29 is 43.3 Å². The molecule has 0 aliphatic carbocycles. The molecule has 13 nitrogen and oxygen atoms in total. The molecule has 1 aliphatic heterocycles. The maximum absolute atomic E-state index is 13.7. The standard InChI is InChI=1S/C33H24N4O9/c1-16(38)45-21-7-3-5-19(14-21)35-29(34)27-25(31(41)36-20-6-4-8-22(15-20)46-17(2)39)12-11-23(28(27)33(43)44)18-9-10-24-26(13-18)32(42)37-30(24)40/h3-15H,1-2H3,(H2,34,35)(H,36,41)(H,43,44)(H,37,40,42). The van der Waals surface area contributed by atoms with E-state index in [2.05, 4.69) is 16.0 Å². The zero-order valence-electron chi connectivity index (χ0n) is 24.2. The summed E-state index contributed by atoms with van der Waals surface area (Å²) >= 11 is 0. The van der Waals surface area contributed by atoms with Crippen molar-refractivity contribution in [3.8, 4) is 22.6 Å². The number of hydrogen-bond donors (Lipinski definition) is 5. The van der Waals surface area contributed by atoms with E-state index in [9.17, 15) is 33.9 Å². The third kappa shape index (κ3) is 6.48. The molecular weight excluding hydrogens is 596 g/mol. The van der Waals surface area contributed by atoms with E-state index >= 15 is 0 Å². The SMILES string of the molecule is CC(=O)Oc1cccc(NC(=N)c2c(C(=O)Nc3cccc(OC(C)=O)c3)ccc(-c3ccc4c(c3)C(=O)NC4=O)c2C(=O)O)c1. The Morgan fingerprint density at radius 2 is 1.26 bits per heavy atom. The average Bonchev–Trinajstić information content (AvgIpc) is 3.28. The minimum Gasteiger partial charge on any atom is -0.478 e. The second-order valence-corrected chi connectivity index (χ2v) is 9.96. The Morgan fingerprint density at radius 3 is 1.85 bits per heavy atom. The van der Waals surface area contributed by atoms with E-state index in [4.69, 9.17) is 14.9 Å². The van der Waals surface area contributed by atoms with Gasteiger partial charge in [-0.3, -0.25) is 34.7 Å². The van der Waals surface area contributed by atoms with Crippen LogP contribution in [-0.4, -0.2) is 46.6 Å². The van der Waals surface area contributed by atoms with Gasteiger partial charge in [0.25, 0.3) is 17.7 Å². The van der Waals surface area contributed by atoms with Gasteiger partial charge in [-0.25, -0.2) is 4.79 Å². The van der Waals surface area contributed by atoms with Gasteiger partial charge in [-0.05, 0) is 53.6 Å². The number of carboxylic acid groups (broad SMARTS) is 1. The molecule has 5 N–H and O–H groups in total. The summed E-state index contributed by atoms with van der Waals surface area (Å²) in [6.07, 6.45) is 0. The number of amides is 3. The molecular formula is C33H24N4O9. The summed E-state index contributed by atoms with van der Waals surface area (Å²) in [5, 5.41) is 27.0. The summed E-state index contributed by atoms with van der Waals surface area (Å²) in [5.41, 5.74) is -0.0135. The van der Waals surface area contributed by atoms with Crippen LogP contribution >= 0.6 is 0 Å². The Balaban J connectivity index is 1.63. The number of esters is 2. The smallest absolute Gasteiger partial charge is 0.337 e. The number of hydrogen-bond acceptors (Lipinski definition) is 9. The van der Waals surface area contributed by atoms with Crippen molar-refractivity contribution in [3.05, 3.63) is 107 Å². The van der Waals surface area contributed by atoms with E-state index in [0.29, 0.717) is 0 Å². The van der Waals surface area contributed by atoms with Gasteiger partial charge >= 0.3 is 17.9 Å².